The van der Waals surface area contributed by atoms with Crippen molar-refractivity contribution in [1.29, 1.82) is 5.26 Å². The van der Waals surface area contributed by atoms with Crippen LogP contribution in [-0.4, -0.2) is 26.2 Å². The molecule has 5 heteroatoms. The van der Waals surface area contributed by atoms with Gasteiger partial charge in [0.05, 0.1) is 18.4 Å². The molecular formula is C15H17BrN2O2. The van der Waals surface area contributed by atoms with Gasteiger partial charge in [-0.05, 0) is 46.8 Å². The fraction of sp³-hybridized carbons (Fsp3) is 0.467. The van der Waals surface area contributed by atoms with Crippen LogP contribution in [0.1, 0.15) is 24.8 Å². The summed E-state index contributed by atoms with van der Waals surface area (Å²) in [7, 11) is 1.43. The van der Waals surface area contributed by atoms with E-state index in [9.17, 15) is 10.1 Å². The van der Waals surface area contributed by atoms with Crippen LogP contribution in [-0.2, 0) is 9.53 Å². The van der Waals surface area contributed by atoms with Crippen LogP contribution in [0.5, 0.6) is 0 Å². The molecule has 0 N–H and O–H groups in total. The number of esters is 1. The van der Waals surface area contributed by atoms with Crippen LogP contribution in [0.25, 0.3) is 0 Å². The Balaban J connectivity index is 2.03. The second kappa shape index (κ2) is 6.76. The van der Waals surface area contributed by atoms with Gasteiger partial charge in [-0.25, -0.2) is 0 Å². The molecule has 0 bridgehead atoms. The normalized spacial score (nSPS) is 15.8. The minimum absolute atomic E-state index is 0.136. The van der Waals surface area contributed by atoms with Gasteiger partial charge in [-0.2, -0.15) is 5.26 Å². The van der Waals surface area contributed by atoms with Crippen molar-refractivity contribution in [2.75, 3.05) is 25.1 Å². The van der Waals surface area contributed by atoms with E-state index in [1.54, 1.807) is 0 Å². The fourth-order valence-electron chi connectivity index (χ4n) is 2.58. The third-order valence-electron chi connectivity index (χ3n) is 3.74. The zero-order chi connectivity index (χ0) is 14.5. The van der Waals surface area contributed by atoms with E-state index in [1.807, 2.05) is 18.2 Å². The first kappa shape index (κ1) is 14.9. The Bertz CT molecular complexity index is 531. The van der Waals surface area contributed by atoms with Crippen LogP contribution in [0, 0.1) is 17.2 Å². The van der Waals surface area contributed by atoms with Gasteiger partial charge >= 0.3 is 5.97 Å². The van der Waals surface area contributed by atoms with Crippen LogP contribution in [0.2, 0.25) is 0 Å². The molecule has 0 aromatic heterocycles. The number of carbonyl (C=O) groups is 1. The van der Waals surface area contributed by atoms with E-state index in [4.69, 9.17) is 4.74 Å². The number of rotatable bonds is 3. The number of hydrogen-bond donors (Lipinski definition) is 0. The second-order valence-corrected chi connectivity index (χ2v) is 5.81. The summed E-state index contributed by atoms with van der Waals surface area (Å²) in [6.07, 6.45) is 2.40. The smallest absolute Gasteiger partial charge is 0.305 e. The fourth-order valence-corrected chi connectivity index (χ4v) is 3.03. The standard InChI is InChI=1S/C15H17BrN2O2/c1-20-15(19)9-11-5-7-18(8-6-11)14-4-2-3-13(16)12(14)10-17/h2-4,11H,5-9H2,1H3. The molecule has 1 aliphatic heterocycles. The van der Waals surface area contributed by atoms with E-state index >= 15 is 0 Å². The molecule has 0 radical (unpaired) electrons. The van der Waals surface area contributed by atoms with Crippen LogP contribution < -0.4 is 4.90 Å². The van der Waals surface area contributed by atoms with Gasteiger partial charge in [0.15, 0.2) is 0 Å². The summed E-state index contributed by atoms with van der Waals surface area (Å²) < 4.78 is 5.54. The van der Waals surface area contributed by atoms with Crippen LogP contribution >= 0.6 is 15.9 Å². The van der Waals surface area contributed by atoms with Crippen molar-refractivity contribution in [3.05, 3.63) is 28.2 Å². The molecule has 4 nitrogen and oxygen atoms in total. The Morgan fingerprint density at radius 2 is 2.20 bits per heavy atom. The summed E-state index contributed by atoms with van der Waals surface area (Å²) in [4.78, 5) is 13.5. The molecule has 0 saturated carbocycles. The van der Waals surface area contributed by atoms with Crippen molar-refractivity contribution in [1.82, 2.24) is 0 Å². The third-order valence-corrected chi connectivity index (χ3v) is 4.40. The van der Waals surface area contributed by atoms with Crippen molar-refractivity contribution in [2.24, 2.45) is 5.92 Å². The van der Waals surface area contributed by atoms with Crippen molar-refractivity contribution < 1.29 is 9.53 Å². The number of benzene rings is 1. The summed E-state index contributed by atoms with van der Waals surface area (Å²) in [5.41, 5.74) is 1.65. The Kier molecular flexibility index (Phi) is 5.02. The highest BCUT2D eigenvalue weighted by atomic mass is 79.9. The van der Waals surface area contributed by atoms with E-state index < -0.39 is 0 Å². The number of anilines is 1. The summed E-state index contributed by atoms with van der Waals surface area (Å²) in [5, 5.41) is 9.26. The van der Waals surface area contributed by atoms with Gasteiger partial charge in [0.1, 0.15) is 6.07 Å². The molecule has 1 aromatic rings. The molecule has 1 aromatic carbocycles. The highest BCUT2D eigenvalue weighted by molar-refractivity contribution is 9.10. The molecule has 1 heterocycles. The van der Waals surface area contributed by atoms with E-state index in [1.165, 1.54) is 7.11 Å². The molecule has 0 amide bonds. The highest BCUT2D eigenvalue weighted by Gasteiger charge is 2.23. The van der Waals surface area contributed by atoms with Gasteiger partial charge in [0.25, 0.3) is 0 Å². The van der Waals surface area contributed by atoms with Gasteiger partial charge in [-0.15, -0.1) is 0 Å². The predicted octanol–water partition coefficient (Wildman–Crippen LogP) is 3.10. The predicted molar refractivity (Wildman–Crippen MR) is 80.4 cm³/mol. The summed E-state index contributed by atoms with van der Waals surface area (Å²) in [6.45, 7) is 1.74. The number of carbonyl (C=O) groups excluding carboxylic acids is 1. The van der Waals surface area contributed by atoms with Crippen LogP contribution in [0.15, 0.2) is 22.7 Å². The molecule has 1 fully saturated rings. The van der Waals surface area contributed by atoms with Crippen LogP contribution in [0.3, 0.4) is 0 Å². The summed E-state index contributed by atoms with van der Waals surface area (Å²) in [6, 6.07) is 8.05. The average Bonchev–Trinajstić information content (AvgIpc) is 2.47. The molecule has 0 aliphatic carbocycles. The molecule has 1 saturated heterocycles. The largest absolute Gasteiger partial charge is 0.469 e. The van der Waals surface area contributed by atoms with E-state index in [-0.39, 0.29) is 5.97 Å². The zero-order valence-electron chi connectivity index (χ0n) is 11.4. The molecule has 0 spiro atoms. The molecular weight excluding hydrogens is 320 g/mol. The summed E-state index contributed by atoms with van der Waals surface area (Å²) >= 11 is 3.42. The van der Waals surface area contributed by atoms with E-state index in [0.717, 1.165) is 36.1 Å². The Hall–Kier alpha value is -1.54. The molecule has 20 heavy (non-hydrogen) atoms. The van der Waals surface area contributed by atoms with Gasteiger partial charge in [0, 0.05) is 24.0 Å². The van der Waals surface area contributed by atoms with Crippen molar-refractivity contribution in [3.8, 4) is 6.07 Å². The minimum atomic E-state index is -0.136. The van der Waals surface area contributed by atoms with E-state index in [0.29, 0.717) is 17.9 Å². The van der Waals surface area contributed by atoms with Gasteiger partial charge in [-0.1, -0.05) is 6.07 Å². The maximum atomic E-state index is 11.3. The van der Waals surface area contributed by atoms with Gasteiger partial charge in [0.2, 0.25) is 0 Å². The molecule has 0 atom stereocenters. The lowest BCUT2D eigenvalue weighted by Crippen LogP contribution is -2.35. The quantitative estimate of drug-likeness (QED) is 0.796. The number of methoxy groups -OCH3 is 1. The molecule has 1 aliphatic rings. The Labute approximate surface area is 127 Å². The van der Waals surface area contributed by atoms with E-state index in [2.05, 4.69) is 26.9 Å². The van der Waals surface area contributed by atoms with Crippen molar-refractivity contribution in [2.45, 2.75) is 19.3 Å². The average molecular weight is 337 g/mol. The number of nitrogens with zero attached hydrogens (tertiary/aromatic N) is 2. The molecule has 0 unspecified atom stereocenters. The lowest BCUT2D eigenvalue weighted by atomic mass is 9.93. The number of nitriles is 1. The van der Waals surface area contributed by atoms with Crippen LogP contribution in [0.4, 0.5) is 5.69 Å². The first-order chi connectivity index (χ1) is 9.65. The number of piperidine rings is 1. The lowest BCUT2D eigenvalue weighted by Gasteiger charge is -2.33. The van der Waals surface area contributed by atoms with Crippen molar-refractivity contribution in [3.63, 3.8) is 0 Å². The SMILES string of the molecule is COC(=O)CC1CCN(c2cccc(Br)c2C#N)CC1. The monoisotopic (exact) mass is 336 g/mol. The number of hydrogen-bond acceptors (Lipinski definition) is 4. The second-order valence-electron chi connectivity index (χ2n) is 4.96. The van der Waals surface area contributed by atoms with Gasteiger partial charge < -0.3 is 9.64 Å². The van der Waals surface area contributed by atoms with Gasteiger partial charge in [-0.3, -0.25) is 4.79 Å². The maximum absolute atomic E-state index is 11.3. The molecule has 106 valence electrons. The first-order valence-corrected chi connectivity index (χ1v) is 7.45. The minimum Gasteiger partial charge on any atom is -0.469 e. The first-order valence-electron chi connectivity index (χ1n) is 6.66. The topological polar surface area (TPSA) is 53.3 Å². The highest BCUT2D eigenvalue weighted by Crippen LogP contribution is 2.31. The molecule has 2 rings (SSSR count). The third kappa shape index (κ3) is 3.31. The summed E-state index contributed by atoms with van der Waals surface area (Å²) in [5.74, 6) is 0.250. The number of ether oxygens (including phenoxy) is 1. The maximum Gasteiger partial charge on any atom is 0.305 e. The number of halogens is 1. The Morgan fingerprint density at radius 1 is 1.50 bits per heavy atom. The van der Waals surface area contributed by atoms with Crippen molar-refractivity contribution >= 4 is 27.6 Å². The Morgan fingerprint density at radius 3 is 2.80 bits per heavy atom. The zero-order valence-corrected chi connectivity index (χ0v) is 13.0. The lowest BCUT2D eigenvalue weighted by molar-refractivity contribution is -0.141.